The van der Waals surface area contributed by atoms with E-state index in [4.69, 9.17) is 10.8 Å². The number of aromatic nitrogens is 3. The van der Waals surface area contributed by atoms with E-state index in [1.165, 1.54) is 0 Å². The van der Waals surface area contributed by atoms with Crippen LogP contribution in [0, 0.1) is 11.3 Å². The van der Waals surface area contributed by atoms with Gasteiger partial charge in [0.2, 0.25) is 0 Å². The molecule has 10 heavy (non-hydrogen) atoms. The lowest BCUT2D eigenvalue weighted by molar-refractivity contribution is 0.934. The van der Waals surface area contributed by atoms with E-state index in [9.17, 15) is 0 Å². The second-order valence-electron chi connectivity index (χ2n) is 1.30. The highest BCUT2D eigenvalue weighted by atomic mass is 15.4. The lowest BCUT2D eigenvalue weighted by Crippen LogP contribution is -1.70. The number of H-pyrrole nitrogens is 1. The van der Waals surface area contributed by atoms with Crippen molar-refractivity contribution in [1.29, 1.82) is 5.26 Å². The van der Waals surface area contributed by atoms with E-state index in [2.05, 4.69) is 25.4 Å². The molecule has 0 aliphatic heterocycles. The van der Waals surface area contributed by atoms with E-state index in [0.717, 1.165) is 0 Å². The van der Waals surface area contributed by atoms with Gasteiger partial charge >= 0.3 is 0 Å². The van der Waals surface area contributed by atoms with Crippen molar-refractivity contribution < 1.29 is 0 Å². The Morgan fingerprint density at radius 3 is 3.10 bits per heavy atom. The minimum Gasteiger partial charge on any atom is -0.196 e. The fourth-order valence-electron chi connectivity index (χ4n) is 0.412. The third-order valence-corrected chi connectivity index (χ3v) is 0.775. The summed E-state index contributed by atoms with van der Waals surface area (Å²) in [6, 6.07) is 1.69. The van der Waals surface area contributed by atoms with Gasteiger partial charge in [-0.15, -0.1) is 5.10 Å². The summed E-state index contributed by atoms with van der Waals surface area (Å²) in [6.07, 6.45) is 0. The normalized spacial score (nSPS) is 7.90. The van der Waals surface area contributed by atoms with Crippen molar-refractivity contribution in [3.8, 4) is 6.07 Å². The highest BCUT2D eigenvalue weighted by Crippen LogP contribution is 2.09. The maximum atomic E-state index is 8.28. The summed E-state index contributed by atoms with van der Waals surface area (Å²) in [6.45, 7) is 0. The van der Waals surface area contributed by atoms with Gasteiger partial charge in [-0.3, -0.25) is 0 Å². The topological polar surface area (TPSA) is 114 Å². The van der Waals surface area contributed by atoms with E-state index in [1.807, 2.05) is 0 Å². The number of nitriles is 1. The summed E-state index contributed by atoms with van der Waals surface area (Å²) in [7, 11) is 0. The zero-order chi connectivity index (χ0) is 7.40. The quantitative estimate of drug-likeness (QED) is 0.345. The van der Waals surface area contributed by atoms with Crippen LogP contribution in [0.15, 0.2) is 5.11 Å². The predicted octanol–water partition coefficient (Wildman–Crippen LogP) is 0.618. The van der Waals surface area contributed by atoms with Crippen LogP contribution in [0.2, 0.25) is 0 Å². The Morgan fingerprint density at radius 1 is 1.70 bits per heavy atom. The van der Waals surface area contributed by atoms with E-state index < -0.39 is 0 Å². The molecule has 0 saturated carbocycles. The molecule has 1 heterocycles. The molecule has 0 aromatic carbocycles. The highest BCUT2D eigenvalue weighted by Gasteiger charge is 2.01. The fraction of sp³-hybridized carbons (Fsp3) is 0. The third-order valence-electron chi connectivity index (χ3n) is 0.775. The van der Waals surface area contributed by atoms with Crippen LogP contribution in [0.3, 0.4) is 0 Å². The Balaban J connectivity index is 3.16. The maximum Gasteiger partial charge on any atom is 0.192 e. The van der Waals surface area contributed by atoms with E-state index >= 15 is 0 Å². The van der Waals surface area contributed by atoms with Crippen molar-refractivity contribution in [1.82, 2.24) is 15.4 Å². The Morgan fingerprint density at radius 2 is 2.50 bits per heavy atom. The maximum absolute atomic E-state index is 8.28. The molecule has 1 aromatic rings. The standard InChI is InChI=1S/C3HN7/c4-1-2-3(7-9-5)8-10-6-2/h(H,6,8,10). The zero-order valence-electron chi connectivity index (χ0n) is 4.68. The summed E-state index contributed by atoms with van der Waals surface area (Å²) in [4.78, 5) is 2.44. The van der Waals surface area contributed by atoms with Crippen molar-refractivity contribution in [3.63, 3.8) is 0 Å². The minimum atomic E-state index is -0.0231. The molecule has 1 rings (SSSR count). The summed E-state index contributed by atoms with van der Waals surface area (Å²) in [5.74, 6) is -0.0231. The van der Waals surface area contributed by atoms with Crippen LogP contribution >= 0.6 is 0 Å². The molecule has 7 heteroatoms. The minimum absolute atomic E-state index is 0.00204. The number of rotatable bonds is 1. The molecule has 1 aromatic heterocycles. The molecule has 0 amide bonds. The zero-order valence-corrected chi connectivity index (χ0v) is 4.68. The number of azide groups is 1. The van der Waals surface area contributed by atoms with Gasteiger partial charge in [0.05, 0.1) is 0 Å². The molecule has 7 nitrogen and oxygen atoms in total. The van der Waals surface area contributed by atoms with Crippen LogP contribution in [0.25, 0.3) is 10.4 Å². The van der Waals surface area contributed by atoms with Gasteiger partial charge in [0, 0.05) is 4.91 Å². The number of nitrogens with one attached hydrogen (secondary N) is 1. The molecule has 1 N–H and O–H groups in total. The largest absolute Gasteiger partial charge is 0.196 e. The van der Waals surface area contributed by atoms with Crippen molar-refractivity contribution in [2.75, 3.05) is 0 Å². The molecule has 0 unspecified atom stereocenters. The predicted molar refractivity (Wildman–Crippen MR) is 29.9 cm³/mol. The number of nitrogens with zero attached hydrogens (tertiary/aromatic N) is 6. The van der Waals surface area contributed by atoms with Gasteiger partial charge in [0.25, 0.3) is 0 Å². The van der Waals surface area contributed by atoms with Gasteiger partial charge < -0.3 is 0 Å². The first-order chi connectivity index (χ1) is 4.88. The van der Waals surface area contributed by atoms with Gasteiger partial charge in [-0.2, -0.15) is 15.6 Å². The first-order valence-corrected chi connectivity index (χ1v) is 2.24. The second-order valence-corrected chi connectivity index (χ2v) is 1.30. The average molecular weight is 135 g/mol. The van der Waals surface area contributed by atoms with Crippen LogP contribution in [-0.4, -0.2) is 15.4 Å². The molecule has 0 fully saturated rings. The molecular formula is C3HN7. The highest BCUT2D eigenvalue weighted by molar-refractivity contribution is 5.40. The van der Waals surface area contributed by atoms with Crippen molar-refractivity contribution in [2.24, 2.45) is 5.11 Å². The molecule has 0 spiro atoms. The van der Waals surface area contributed by atoms with Gasteiger partial charge in [0.15, 0.2) is 11.5 Å². The van der Waals surface area contributed by atoms with Crippen LogP contribution in [0.5, 0.6) is 0 Å². The molecule has 48 valence electrons. The van der Waals surface area contributed by atoms with Crippen LogP contribution in [-0.2, 0) is 0 Å². The second kappa shape index (κ2) is 2.48. The summed E-state index contributed by atoms with van der Waals surface area (Å²) >= 11 is 0. The van der Waals surface area contributed by atoms with Crippen LogP contribution in [0.4, 0.5) is 5.82 Å². The first-order valence-electron chi connectivity index (χ1n) is 2.24. The van der Waals surface area contributed by atoms with Crippen molar-refractivity contribution >= 4 is 5.82 Å². The van der Waals surface area contributed by atoms with E-state index in [0.29, 0.717) is 0 Å². The SMILES string of the molecule is N#Cc1n[nH]nc1N=[N+]=[N-]. The van der Waals surface area contributed by atoms with Crippen molar-refractivity contribution in [3.05, 3.63) is 16.1 Å². The fourth-order valence-corrected chi connectivity index (χ4v) is 0.412. The van der Waals surface area contributed by atoms with Crippen molar-refractivity contribution in [2.45, 2.75) is 0 Å². The first kappa shape index (κ1) is 6.07. The Labute approximate surface area is 54.9 Å². The van der Waals surface area contributed by atoms with Gasteiger partial charge in [-0.25, -0.2) is 0 Å². The molecule has 0 aliphatic rings. The molecule has 0 saturated heterocycles. The molecular weight excluding hydrogens is 134 g/mol. The molecule has 0 radical (unpaired) electrons. The summed E-state index contributed by atoms with van der Waals surface area (Å²) in [5.41, 5.74) is 7.92. The van der Waals surface area contributed by atoms with Crippen LogP contribution < -0.4 is 0 Å². The molecule has 0 bridgehead atoms. The number of aromatic amines is 1. The number of hydrogen-bond acceptors (Lipinski definition) is 4. The smallest absolute Gasteiger partial charge is 0.192 e. The lowest BCUT2D eigenvalue weighted by atomic mass is 10.5. The Bertz CT molecular complexity index is 310. The Hall–Kier alpha value is -2.06. The van der Waals surface area contributed by atoms with E-state index in [-0.39, 0.29) is 11.5 Å². The Kier molecular flexibility index (Phi) is 1.50. The van der Waals surface area contributed by atoms with Gasteiger partial charge in [0.1, 0.15) is 6.07 Å². The molecule has 0 atom stereocenters. The molecule has 0 aliphatic carbocycles. The average Bonchev–Trinajstić information content (AvgIpc) is 2.36. The van der Waals surface area contributed by atoms with Gasteiger partial charge in [-0.1, -0.05) is 0 Å². The third kappa shape index (κ3) is 0.866. The summed E-state index contributed by atoms with van der Waals surface area (Å²) in [5, 5.41) is 20.3. The van der Waals surface area contributed by atoms with Gasteiger partial charge in [-0.05, 0) is 10.6 Å². The summed E-state index contributed by atoms with van der Waals surface area (Å²) < 4.78 is 0. The monoisotopic (exact) mass is 135 g/mol. The lowest BCUT2D eigenvalue weighted by Gasteiger charge is -1.73. The number of hydrogen-bond donors (Lipinski definition) is 1. The van der Waals surface area contributed by atoms with E-state index in [1.54, 1.807) is 6.07 Å². The van der Waals surface area contributed by atoms with Crippen LogP contribution in [0.1, 0.15) is 5.69 Å².